The van der Waals surface area contributed by atoms with Gasteiger partial charge in [0.05, 0.1) is 12.0 Å². The van der Waals surface area contributed by atoms with Gasteiger partial charge in [0.2, 0.25) is 0 Å². The summed E-state index contributed by atoms with van der Waals surface area (Å²) in [7, 11) is 0. The second-order valence-electron chi connectivity index (χ2n) is 4.39. The molecular formula is C13H17N3O3S. The van der Waals surface area contributed by atoms with Crippen LogP contribution in [0.4, 0.5) is 5.82 Å². The second-order valence-corrected chi connectivity index (χ2v) is 5.39. The van der Waals surface area contributed by atoms with Gasteiger partial charge in [0.25, 0.3) is 0 Å². The molecule has 0 aromatic carbocycles. The van der Waals surface area contributed by atoms with Crippen LogP contribution in [0.3, 0.4) is 0 Å². The SMILES string of the molecule is CCCn1c(N)c2c(C)c(C(=O)OCC)sc2nc1=O. The van der Waals surface area contributed by atoms with Crippen molar-refractivity contribution in [1.82, 2.24) is 9.55 Å². The zero-order valence-electron chi connectivity index (χ0n) is 11.7. The third-order valence-electron chi connectivity index (χ3n) is 3.01. The van der Waals surface area contributed by atoms with Gasteiger partial charge in [-0.3, -0.25) is 4.57 Å². The molecule has 2 N–H and O–H groups in total. The minimum absolute atomic E-state index is 0.304. The summed E-state index contributed by atoms with van der Waals surface area (Å²) >= 11 is 1.15. The van der Waals surface area contributed by atoms with Crippen molar-refractivity contribution >= 4 is 33.3 Å². The van der Waals surface area contributed by atoms with Crippen molar-refractivity contribution < 1.29 is 9.53 Å². The highest BCUT2D eigenvalue weighted by Crippen LogP contribution is 2.32. The van der Waals surface area contributed by atoms with Crippen LogP contribution in [0.15, 0.2) is 4.79 Å². The lowest BCUT2D eigenvalue weighted by Gasteiger charge is -2.08. The Labute approximate surface area is 120 Å². The van der Waals surface area contributed by atoms with E-state index >= 15 is 0 Å². The molecule has 108 valence electrons. The topological polar surface area (TPSA) is 87.2 Å². The van der Waals surface area contributed by atoms with E-state index < -0.39 is 5.97 Å². The fourth-order valence-corrected chi connectivity index (χ4v) is 3.17. The molecule has 0 fully saturated rings. The Morgan fingerprint density at radius 1 is 1.45 bits per heavy atom. The van der Waals surface area contributed by atoms with Crippen LogP contribution in [0.5, 0.6) is 0 Å². The largest absolute Gasteiger partial charge is 0.462 e. The molecule has 0 aliphatic rings. The maximum absolute atomic E-state index is 11.9. The molecule has 2 aromatic heterocycles. The summed E-state index contributed by atoms with van der Waals surface area (Å²) in [6.45, 7) is 6.32. The van der Waals surface area contributed by atoms with Crippen LogP contribution in [0.25, 0.3) is 10.2 Å². The summed E-state index contributed by atoms with van der Waals surface area (Å²) in [6.07, 6.45) is 0.783. The van der Waals surface area contributed by atoms with Crippen molar-refractivity contribution in [2.75, 3.05) is 12.3 Å². The third kappa shape index (κ3) is 2.29. The highest BCUT2D eigenvalue weighted by Gasteiger charge is 2.21. The first-order valence-electron chi connectivity index (χ1n) is 6.47. The van der Waals surface area contributed by atoms with E-state index in [0.717, 1.165) is 23.3 Å². The summed E-state index contributed by atoms with van der Waals surface area (Å²) < 4.78 is 6.45. The average molecular weight is 295 g/mol. The molecule has 0 unspecified atom stereocenters. The molecule has 2 rings (SSSR count). The smallest absolute Gasteiger partial charge is 0.350 e. The van der Waals surface area contributed by atoms with Gasteiger partial charge in [-0.15, -0.1) is 11.3 Å². The van der Waals surface area contributed by atoms with E-state index in [2.05, 4.69) is 4.98 Å². The summed E-state index contributed by atoms with van der Waals surface area (Å²) in [5.41, 5.74) is 6.41. The van der Waals surface area contributed by atoms with Crippen molar-refractivity contribution in [2.45, 2.75) is 33.7 Å². The fourth-order valence-electron chi connectivity index (χ4n) is 2.09. The lowest BCUT2D eigenvalue weighted by atomic mass is 10.2. The van der Waals surface area contributed by atoms with Crippen LogP contribution in [-0.4, -0.2) is 22.1 Å². The lowest BCUT2D eigenvalue weighted by molar-refractivity contribution is 0.0531. The molecule has 0 spiro atoms. The predicted octanol–water partition coefficient (Wildman–Crippen LogP) is 1.94. The van der Waals surface area contributed by atoms with Crippen LogP contribution in [0.1, 0.15) is 35.5 Å². The average Bonchev–Trinajstić information content (AvgIpc) is 2.72. The van der Waals surface area contributed by atoms with Crippen LogP contribution in [0, 0.1) is 6.92 Å². The standard InChI is InChI=1S/C13H17N3O3S/c1-4-6-16-10(14)8-7(3)9(12(17)19-5-2)20-11(8)15-13(16)18/h4-6,14H2,1-3H3. The van der Waals surface area contributed by atoms with Crippen molar-refractivity contribution in [2.24, 2.45) is 0 Å². The van der Waals surface area contributed by atoms with Crippen LogP contribution < -0.4 is 11.4 Å². The number of aromatic nitrogens is 2. The number of anilines is 1. The van der Waals surface area contributed by atoms with E-state index in [0.29, 0.717) is 34.1 Å². The molecule has 0 amide bonds. The van der Waals surface area contributed by atoms with Crippen LogP contribution in [0.2, 0.25) is 0 Å². The number of nitrogen functional groups attached to an aromatic ring is 1. The molecular weight excluding hydrogens is 278 g/mol. The Morgan fingerprint density at radius 2 is 2.15 bits per heavy atom. The molecule has 2 aromatic rings. The minimum Gasteiger partial charge on any atom is -0.462 e. The Bertz CT molecular complexity index is 718. The molecule has 20 heavy (non-hydrogen) atoms. The Balaban J connectivity index is 2.69. The van der Waals surface area contributed by atoms with E-state index in [1.165, 1.54) is 4.57 Å². The molecule has 0 aliphatic carbocycles. The minimum atomic E-state index is -0.401. The number of esters is 1. The Morgan fingerprint density at radius 3 is 2.75 bits per heavy atom. The molecule has 7 heteroatoms. The quantitative estimate of drug-likeness (QED) is 0.871. The molecule has 0 atom stereocenters. The van der Waals surface area contributed by atoms with Gasteiger partial charge in [-0.25, -0.2) is 9.59 Å². The van der Waals surface area contributed by atoms with Crippen molar-refractivity contribution in [3.05, 3.63) is 20.9 Å². The number of carbonyl (C=O) groups excluding carboxylic acids is 1. The zero-order chi connectivity index (χ0) is 14.9. The molecule has 0 bridgehead atoms. The predicted molar refractivity (Wildman–Crippen MR) is 79.3 cm³/mol. The number of thiophene rings is 1. The van der Waals surface area contributed by atoms with Gasteiger partial charge in [-0.2, -0.15) is 4.98 Å². The van der Waals surface area contributed by atoms with Gasteiger partial charge in [-0.1, -0.05) is 6.92 Å². The van der Waals surface area contributed by atoms with Gasteiger partial charge >= 0.3 is 11.7 Å². The molecule has 0 saturated carbocycles. The van der Waals surface area contributed by atoms with Gasteiger partial charge in [0, 0.05) is 6.54 Å². The first-order valence-corrected chi connectivity index (χ1v) is 7.29. The van der Waals surface area contributed by atoms with Crippen LogP contribution >= 0.6 is 11.3 Å². The van der Waals surface area contributed by atoms with E-state index in [1.807, 2.05) is 6.92 Å². The molecule has 6 nitrogen and oxygen atoms in total. The number of hydrogen-bond donors (Lipinski definition) is 1. The van der Waals surface area contributed by atoms with Crippen molar-refractivity contribution in [3.63, 3.8) is 0 Å². The maximum Gasteiger partial charge on any atom is 0.350 e. The van der Waals surface area contributed by atoms with Gasteiger partial charge < -0.3 is 10.5 Å². The van der Waals surface area contributed by atoms with Crippen LogP contribution in [-0.2, 0) is 11.3 Å². The van der Waals surface area contributed by atoms with Crippen molar-refractivity contribution in [1.29, 1.82) is 0 Å². The van der Waals surface area contributed by atoms with E-state index in [4.69, 9.17) is 10.5 Å². The number of rotatable bonds is 4. The van der Waals surface area contributed by atoms with Gasteiger partial charge in [-0.05, 0) is 25.8 Å². The molecule has 0 saturated heterocycles. The summed E-state index contributed by atoms with van der Waals surface area (Å²) in [6, 6.07) is 0. The van der Waals surface area contributed by atoms with E-state index in [9.17, 15) is 9.59 Å². The summed E-state index contributed by atoms with van der Waals surface area (Å²) in [4.78, 5) is 28.8. The zero-order valence-corrected chi connectivity index (χ0v) is 12.5. The number of hydrogen-bond acceptors (Lipinski definition) is 6. The number of fused-ring (bicyclic) bond motifs is 1. The van der Waals surface area contributed by atoms with E-state index in [1.54, 1.807) is 13.8 Å². The van der Waals surface area contributed by atoms with Gasteiger partial charge in [0.1, 0.15) is 15.5 Å². The molecule has 0 radical (unpaired) electrons. The number of carbonyl (C=O) groups is 1. The van der Waals surface area contributed by atoms with Crippen molar-refractivity contribution in [3.8, 4) is 0 Å². The molecule has 0 aliphatic heterocycles. The Kier molecular flexibility index (Phi) is 4.08. The number of nitrogens with zero attached hydrogens (tertiary/aromatic N) is 2. The lowest BCUT2D eigenvalue weighted by Crippen LogP contribution is -2.25. The third-order valence-corrected chi connectivity index (χ3v) is 4.18. The van der Waals surface area contributed by atoms with E-state index in [-0.39, 0.29) is 5.69 Å². The highest BCUT2D eigenvalue weighted by atomic mass is 32.1. The first kappa shape index (κ1) is 14.5. The Hall–Kier alpha value is -1.89. The fraction of sp³-hybridized carbons (Fsp3) is 0.462. The highest BCUT2D eigenvalue weighted by molar-refractivity contribution is 7.20. The van der Waals surface area contributed by atoms with Gasteiger partial charge in [0.15, 0.2) is 0 Å². The number of ether oxygens (including phenoxy) is 1. The summed E-state index contributed by atoms with van der Waals surface area (Å²) in [5, 5.41) is 0.672. The molecule has 2 heterocycles. The monoisotopic (exact) mass is 295 g/mol. The number of aryl methyl sites for hydroxylation is 1. The normalized spacial score (nSPS) is 10.9. The second kappa shape index (κ2) is 5.62. The maximum atomic E-state index is 11.9. The number of nitrogens with two attached hydrogens (primary N) is 1. The summed E-state index contributed by atoms with van der Waals surface area (Å²) in [5.74, 6) is -0.0342. The first-order chi connectivity index (χ1) is 9.51.